The van der Waals surface area contributed by atoms with Crippen molar-refractivity contribution in [2.75, 3.05) is 39.6 Å². The summed E-state index contributed by atoms with van der Waals surface area (Å²) in [5.74, 6) is -0.568. The Labute approximate surface area is 580 Å². The van der Waals surface area contributed by atoms with Gasteiger partial charge in [0.1, 0.15) is 19.3 Å². The number of phosphoric acid groups is 2. The number of ether oxygens (including phenoxy) is 4. The Morgan fingerprint density at radius 3 is 0.947 bits per heavy atom. The minimum Gasteiger partial charge on any atom is -0.462 e. The molecule has 0 saturated carbocycles. The lowest BCUT2D eigenvalue weighted by Crippen LogP contribution is -2.30. The molecule has 3 unspecified atom stereocenters. The molecule has 0 aliphatic rings. The second-order valence-corrected chi connectivity index (χ2v) is 30.3. The summed E-state index contributed by atoms with van der Waals surface area (Å²) in [7, 11) is -9.91. The predicted octanol–water partition coefficient (Wildman–Crippen LogP) is 21.9. The Balaban J connectivity index is 5.19. The van der Waals surface area contributed by atoms with Crippen LogP contribution in [0.25, 0.3) is 0 Å². The van der Waals surface area contributed by atoms with Crippen molar-refractivity contribution in [3.63, 3.8) is 0 Å². The first-order valence-corrected chi connectivity index (χ1v) is 41.8. The summed E-state index contributed by atoms with van der Waals surface area (Å²) in [5.41, 5.74) is 0. The molecule has 0 aromatic heterocycles. The summed E-state index contributed by atoms with van der Waals surface area (Å²) in [4.78, 5) is 72.6. The smallest absolute Gasteiger partial charge is 0.462 e. The molecule has 0 radical (unpaired) electrons. The lowest BCUT2D eigenvalue weighted by Gasteiger charge is -2.21. The van der Waals surface area contributed by atoms with Gasteiger partial charge in [-0.05, 0) is 63.2 Å². The quantitative estimate of drug-likeness (QED) is 0.0169. The lowest BCUT2D eigenvalue weighted by atomic mass is 9.99. The molecule has 0 aliphatic heterocycles. The Kier molecular flexibility index (Phi) is 65.6. The summed E-state index contributed by atoms with van der Waals surface area (Å²) < 4.78 is 68.3. The molecule has 3 N–H and O–H groups in total. The largest absolute Gasteiger partial charge is 0.472 e. The van der Waals surface area contributed by atoms with E-state index in [1.54, 1.807) is 0 Å². The van der Waals surface area contributed by atoms with Crippen molar-refractivity contribution in [2.45, 2.75) is 387 Å². The molecule has 19 heteroatoms. The first-order valence-electron chi connectivity index (χ1n) is 38.8. The number of hydrogen-bond donors (Lipinski definition) is 3. The molecule has 17 nitrogen and oxygen atoms in total. The molecule has 6 atom stereocenters. The topological polar surface area (TPSA) is 237 Å². The van der Waals surface area contributed by atoms with Crippen LogP contribution in [0.1, 0.15) is 369 Å². The zero-order chi connectivity index (χ0) is 70.0. The average molecular weight is 1390 g/mol. The molecular formula is C76H144O17P2. The van der Waals surface area contributed by atoms with E-state index in [0.29, 0.717) is 25.7 Å². The van der Waals surface area contributed by atoms with Gasteiger partial charge >= 0.3 is 39.5 Å². The number of hydrogen-bond acceptors (Lipinski definition) is 15. The van der Waals surface area contributed by atoms with Crippen molar-refractivity contribution in [3.8, 4) is 0 Å². The first kappa shape index (κ1) is 92.5. The van der Waals surface area contributed by atoms with E-state index < -0.39 is 97.5 Å². The summed E-state index contributed by atoms with van der Waals surface area (Å²) in [6.07, 6.45) is 58.0. The van der Waals surface area contributed by atoms with Crippen molar-refractivity contribution in [3.05, 3.63) is 24.3 Å². The van der Waals surface area contributed by atoms with Gasteiger partial charge in [-0.15, -0.1) is 0 Å². The van der Waals surface area contributed by atoms with Crippen molar-refractivity contribution >= 4 is 39.5 Å². The highest BCUT2D eigenvalue weighted by molar-refractivity contribution is 7.47. The number of phosphoric ester groups is 2. The van der Waals surface area contributed by atoms with Crippen LogP contribution >= 0.6 is 15.6 Å². The maximum Gasteiger partial charge on any atom is 0.472 e. The van der Waals surface area contributed by atoms with Crippen LogP contribution < -0.4 is 0 Å². The maximum atomic E-state index is 13.1. The van der Waals surface area contributed by atoms with Gasteiger partial charge in [-0.3, -0.25) is 37.3 Å². The van der Waals surface area contributed by atoms with E-state index in [4.69, 9.17) is 37.0 Å². The van der Waals surface area contributed by atoms with Gasteiger partial charge in [-0.25, -0.2) is 9.13 Å². The highest BCUT2D eigenvalue weighted by Gasteiger charge is 2.30. The zero-order valence-corrected chi connectivity index (χ0v) is 63.2. The Morgan fingerprint density at radius 2 is 0.621 bits per heavy atom. The molecule has 0 saturated heterocycles. The fourth-order valence-electron chi connectivity index (χ4n) is 11.1. The van der Waals surface area contributed by atoms with E-state index >= 15 is 0 Å². The molecule has 0 bridgehead atoms. The summed E-state index contributed by atoms with van der Waals surface area (Å²) in [5, 5.41) is 10.6. The van der Waals surface area contributed by atoms with E-state index in [9.17, 15) is 43.2 Å². The molecule has 95 heavy (non-hydrogen) atoms. The maximum absolute atomic E-state index is 13.1. The third kappa shape index (κ3) is 68.5. The molecular weight excluding hydrogens is 1250 g/mol. The molecule has 0 aromatic rings. The van der Waals surface area contributed by atoms with Crippen LogP contribution in [0.3, 0.4) is 0 Å². The fraction of sp³-hybridized carbons (Fsp3) is 0.895. The van der Waals surface area contributed by atoms with Crippen LogP contribution in [0.5, 0.6) is 0 Å². The number of aliphatic hydroxyl groups is 1. The average Bonchev–Trinajstić information content (AvgIpc) is 2.49. The van der Waals surface area contributed by atoms with Crippen LogP contribution in [0.15, 0.2) is 24.3 Å². The van der Waals surface area contributed by atoms with E-state index in [1.165, 1.54) is 154 Å². The molecule has 0 rings (SSSR count). The van der Waals surface area contributed by atoms with Gasteiger partial charge in [0, 0.05) is 25.7 Å². The van der Waals surface area contributed by atoms with E-state index in [0.717, 1.165) is 134 Å². The number of carbonyl (C=O) groups excluding carboxylic acids is 4. The number of aliphatic hydroxyl groups excluding tert-OH is 1. The summed E-state index contributed by atoms with van der Waals surface area (Å²) in [6, 6.07) is 0. The third-order valence-electron chi connectivity index (χ3n) is 17.4. The number of carbonyl (C=O) groups is 4. The summed E-state index contributed by atoms with van der Waals surface area (Å²) >= 11 is 0. The highest BCUT2D eigenvalue weighted by atomic mass is 31.2. The van der Waals surface area contributed by atoms with Crippen LogP contribution in [0.4, 0.5) is 0 Å². The molecule has 0 aromatic carbocycles. The fourth-order valence-corrected chi connectivity index (χ4v) is 12.7. The SMILES string of the molecule is CCCCCC/C=C\C=C/CCCCCCCC(=O)OC[C@H](COP(=O)(O)OC[C@@H](O)COP(=O)(O)OC[C@@H](COC(=O)CCCCCCCCC)OC(=O)CCCCCCCCCCC(C)C)OC(=O)CCCCCCCCCCCCCCCCCCCCC(C)CC. The standard InChI is InChI=1S/C76H144O17P2/c1-7-10-12-14-16-17-18-19-24-28-31-34-41-47-53-59-74(79)87-65-72(92-75(80)60-54-48-42-35-32-29-26-23-21-20-22-25-27-30-33-40-45-51-57-69(6)9-3)67-91-95(84,85)89-63-70(77)62-88-94(82,83)90-66-71(64-86-73(78)58-52-46-38-15-13-11-8-2)93-76(81)61-55-49-43-37-36-39-44-50-56-68(4)5/h17-19,24,68-72,77H,7-16,20-23,25-67H2,1-6H3,(H,82,83)(H,84,85)/b18-17-,24-19-/t69?,70-,71+,72+/m0/s1. The minimum absolute atomic E-state index is 0.101. The molecule has 560 valence electrons. The number of esters is 4. The van der Waals surface area contributed by atoms with Crippen LogP contribution in [0.2, 0.25) is 0 Å². The van der Waals surface area contributed by atoms with E-state index in [1.807, 2.05) is 0 Å². The number of rotatable bonds is 73. The molecule has 0 amide bonds. The zero-order valence-electron chi connectivity index (χ0n) is 61.5. The van der Waals surface area contributed by atoms with Crippen molar-refractivity contribution < 1.29 is 80.2 Å². The van der Waals surface area contributed by atoms with Gasteiger partial charge in [0.05, 0.1) is 26.4 Å². The van der Waals surface area contributed by atoms with Gasteiger partial charge in [0.25, 0.3) is 0 Å². The van der Waals surface area contributed by atoms with Crippen LogP contribution in [-0.2, 0) is 65.4 Å². The van der Waals surface area contributed by atoms with Gasteiger partial charge in [0.15, 0.2) is 12.2 Å². The Bertz CT molecular complexity index is 1930. The molecule has 0 heterocycles. The van der Waals surface area contributed by atoms with Crippen molar-refractivity contribution in [1.29, 1.82) is 0 Å². The first-order chi connectivity index (χ1) is 45.9. The minimum atomic E-state index is -4.96. The Morgan fingerprint density at radius 1 is 0.347 bits per heavy atom. The normalized spacial score (nSPS) is 14.5. The highest BCUT2D eigenvalue weighted by Crippen LogP contribution is 2.45. The molecule has 0 aliphatic carbocycles. The second-order valence-electron chi connectivity index (χ2n) is 27.4. The number of unbranched alkanes of at least 4 members (excludes halogenated alkanes) is 39. The Hall–Kier alpha value is -2.46. The van der Waals surface area contributed by atoms with Gasteiger partial charge < -0.3 is 33.8 Å². The molecule has 0 spiro atoms. The van der Waals surface area contributed by atoms with Crippen molar-refractivity contribution in [2.24, 2.45) is 11.8 Å². The monoisotopic (exact) mass is 1390 g/mol. The van der Waals surface area contributed by atoms with Crippen LogP contribution in [-0.4, -0.2) is 96.7 Å². The lowest BCUT2D eigenvalue weighted by molar-refractivity contribution is -0.161. The third-order valence-corrected chi connectivity index (χ3v) is 19.3. The van der Waals surface area contributed by atoms with E-state index in [-0.39, 0.29) is 25.7 Å². The van der Waals surface area contributed by atoms with Gasteiger partial charge in [-0.2, -0.15) is 0 Å². The van der Waals surface area contributed by atoms with Gasteiger partial charge in [0.2, 0.25) is 0 Å². The van der Waals surface area contributed by atoms with E-state index in [2.05, 4.69) is 65.8 Å². The molecule has 0 fully saturated rings. The predicted molar refractivity (Wildman–Crippen MR) is 386 cm³/mol. The van der Waals surface area contributed by atoms with Gasteiger partial charge in [-0.1, -0.05) is 316 Å². The summed E-state index contributed by atoms with van der Waals surface area (Å²) in [6.45, 7) is 9.50. The van der Waals surface area contributed by atoms with Crippen molar-refractivity contribution in [1.82, 2.24) is 0 Å². The second kappa shape index (κ2) is 67.4. The number of allylic oxidation sites excluding steroid dienone is 4. The van der Waals surface area contributed by atoms with Crippen LogP contribution in [0, 0.1) is 11.8 Å².